The lowest BCUT2D eigenvalue weighted by Gasteiger charge is -2.26. The van der Waals surface area contributed by atoms with Crippen molar-refractivity contribution in [1.82, 2.24) is 10.2 Å². The summed E-state index contributed by atoms with van der Waals surface area (Å²) < 4.78 is 0. The maximum absolute atomic E-state index is 11.4. The van der Waals surface area contributed by atoms with Crippen LogP contribution in [0.2, 0.25) is 0 Å². The van der Waals surface area contributed by atoms with Crippen molar-refractivity contribution in [3.05, 3.63) is 36.5 Å². The van der Waals surface area contributed by atoms with E-state index in [1.807, 2.05) is 31.2 Å². The summed E-state index contributed by atoms with van der Waals surface area (Å²) in [6.07, 6.45) is 7.89. The largest absolute Gasteiger partial charge is 0.324 e. The molecule has 1 aliphatic heterocycles. The Morgan fingerprint density at radius 1 is 1.50 bits per heavy atom. The van der Waals surface area contributed by atoms with E-state index >= 15 is 0 Å². The minimum Gasteiger partial charge on any atom is -0.320 e. The van der Waals surface area contributed by atoms with E-state index in [4.69, 9.17) is 0 Å². The van der Waals surface area contributed by atoms with Gasteiger partial charge in [0.15, 0.2) is 0 Å². The van der Waals surface area contributed by atoms with Gasteiger partial charge >= 0.3 is 6.03 Å². The molecule has 0 bridgehead atoms. The Labute approximate surface area is 95.3 Å². The van der Waals surface area contributed by atoms with E-state index < -0.39 is 0 Å². The highest BCUT2D eigenvalue weighted by molar-refractivity contribution is 5.96. The van der Waals surface area contributed by atoms with Crippen LogP contribution in [-0.4, -0.2) is 29.9 Å². The minimum atomic E-state index is -0.336. The fourth-order valence-corrected chi connectivity index (χ4v) is 1.35. The molecule has 0 aliphatic carbocycles. The standard InChI is InChI=1S/C12H16N2O2/c1-3-4-5-6-10(2)9-14-8-7-11(15)13-12(14)16/h3-6H,2,7-9H2,1H3,(H,13,15,16)/b4-3-,6-5-. The molecule has 0 radical (unpaired) electrons. The fraction of sp³-hybridized carbons (Fsp3) is 0.333. The number of urea groups is 1. The van der Waals surface area contributed by atoms with Gasteiger partial charge in [0.25, 0.3) is 0 Å². The summed E-state index contributed by atoms with van der Waals surface area (Å²) >= 11 is 0. The summed E-state index contributed by atoms with van der Waals surface area (Å²) in [5, 5.41) is 2.27. The van der Waals surface area contributed by atoms with Crippen molar-refractivity contribution in [2.45, 2.75) is 13.3 Å². The Balaban J connectivity index is 2.45. The van der Waals surface area contributed by atoms with E-state index in [-0.39, 0.29) is 11.9 Å². The molecule has 0 aromatic carbocycles. The van der Waals surface area contributed by atoms with Crippen molar-refractivity contribution in [3.8, 4) is 0 Å². The molecule has 4 heteroatoms. The van der Waals surface area contributed by atoms with Crippen LogP contribution in [-0.2, 0) is 4.79 Å². The molecule has 0 aromatic rings. The molecule has 0 saturated carbocycles. The van der Waals surface area contributed by atoms with Crippen LogP contribution in [0, 0.1) is 0 Å². The Hall–Kier alpha value is -1.84. The number of imide groups is 1. The van der Waals surface area contributed by atoms with Crippen LogP contribution in [0.25, 0.3) is 0 Å². The van der Waals surface area contributed by atoms with Gasteiger partial charge in [-0.1, -0.05) is 30.9 Å². The summed E-state index contributed by atoms with van der Waals surface area (Å²) in [5.74, 6) is -0.212. The molecular formula is C12H16N2O2. The quantitative estimate of drug-likeness (QED) is 0.732. The molecule has 1 saturated heterocycles. The van der Waals surface area contributed by atoms with Gasteiger partial charge in [0.05, 0.1) is 0 Å². The number of allylic oxidation sites excluding steroid dienone is 3. The molecule has 0 atom stereocenters. The lowest BCUT2D eigenvalue weighted by atomic mass is 10.2. The molecular weight excluding hydrogens is 204 g/mol. The third-order valence-corrected chi connectivity index (χ3v) is 2.17. The van der Waals surface area contributed by atoms with Gasteiger partial charge in [-0.3, -0.25) is 10.1 Å². The monoisotopic (exact) mass is 220 g/mol. The van der Waals surface area contributed by atoms with Crippen LogP contribution in [0.5, 0.6) is 0 Å². The number of nitrogens with zero attached hydrogens (tertiary/aromatic N) is 1. The average Bonchev–Trinajstić information content (AvgIpc) is 2.23. The first-order valence-corrected chi connectivity index (χ1v) is 5.19. The summed E-state index contributed by atoms with van der Waals surface area (Å²) in [7, 11) is 0. The van der Waals surface area contributed by atoms with Crippen molar-refractivity contribution >= 4 is 11.9 Å². The first-order chi connectivity index (χ1) is 7.63. The van der Waals surface area contributed by atoms with Crippen LogP contribution in [0.3, 0.4) is 0 Å². The lowest BCUT2D eigenvalue weighted by molar-refractivity contribution is -0.121. The third-order valence-electron chi connectivity index (χ3n) is 2.17. The lowest BCUT2D eigenvalue weighted by Crippen LogP contribution is -2.49. The molecule has 86 valence electrons. The zero-order chi connectivity index (χ0) is 12.0. The van der Waals surface area contributed by atoms with Crippen LogP contribution < -0.4 is 5.32 Å². The molecule has 3 amide bonds. The van der Waals surface area contributed by atoms with Gasteiger partial charge < -0.3 is 4.90 Å². The second kappa shape index (κ2) is 5.90. The Kier molecular flexibility index (Phi) is 4.51. The van der Waals surface area contributed by atoms with Gasteiger partial charge in [0, 0.05) is 19.5 Å². The van der Waals surface area contributed by atoms with Crippen molar-refractivity contribution < 1.29 is 9.59 Å². The number of rotatable bonds is 4. The van der Waals surface area contributed by atoms with Crippen LogP contribution >= 0.6 is 0 Å². The topological polar surface area (TPSA) is 49.4 Å². The Morgan fingerprint density at radius 2 is 2.25 bits per heavy atom. The molecule has 0 unspecified atom stereocenters. The predicted octanol–water partition coefficient (Wildman–Crippen LogP) is 1.62. The van der Waals surface area contributed by atoms with Gasteiger partial charge in [-0.15, -0.1) is 0 Å². The number of hydrogen-bond acceptors (Lipinski definition) is 2. The molecule has 1 aliphatic rings. The normalized spacial score (nSPS) is 17.2. The molecule has 0 aromatic heterocycles. The van der Waals surface area contributed by atoms with E-state index in [1.54, 1.807) is 4.90 Å². The van der Waals surface area contributed by atoms with E-state index in [1.165, 1.54) is 0 Å². The predicted molar refractivity (Wildman–Crippen MR) is 62.8 cm³/mol. The average molecular weight is 220 g/mol. The number of carbonyl (C=O) groups is 2. The van der Waals surface area contributed by atoms with Gasteiger partial charge in [-0.05, 0) is 12.5 Å². The van der Waals surface area contributed by atoms with Gasteiger partial charge in [0.2, 0.25) is 5.91 Å². The van der Waals surface area contributed by atoms with Crippen molar-refractivity contribution in [1.29, 1.82) is 0 Å². The summed E-state index contributed by atoms with van der Waals surface area (Å²) in [6, 6.07) is -0.336. The number of carbonyl (C=O) groups excluding carboxylic acids is 2. The number of hydrogen-bond donors (Lipinski definition) is 1. The smallest absolute Gasteiger partial charge is 0.320 e. The van der Waals surface area contributed by atoms with E-state index in [9.17, 15) is 9.59 Å². The highest BCUT2D eigenvalue weighted by Crippen LogP contribution is 2.04. The maximum atomic E-state index is 11.4. The zero-order valence-electron chi connectivity index (χ0n) is 9.40. The summed E-state index contributed by atoms with van der Waals surface area (Å²) in [6.45, 7) is 6.69. The Morgan fingerprint density at radius 3 is 2.88 bits per heavy atom. The summed E-state index contributed by atoms with van der Waals surface area (Å²) in [5.41, 5.74) is 0.836. The van der Waals surface area contributed by atoms with Crippen LogP contribution in [0.15, 0.2) is 36.5 Å². The molecule has 4 nitrogen and oxygen atoms in total. The number of nitrogens with one attached hydrogen (secondary N) is 1. The fourth-order valence-electron chi connectivity index (χ4n) is 1.35. The van der Waals surface area contributed by atoms with Gasteiger partial charge in [-0.2, -0.15) is 0 Å². The van der Waals surface area contributed by atoms with Gasteiger partial charge in [0.1, 0.15) is 0 Å². The molecule has 1 rings (SSSR count). The van der Waals surface area contributed by atoms with Crippen molar-refractivity contribution in [3.63, 3.8) is 0 Å². The molecule has 1 N–H and O–H groups in total. The molecule has 1 fully saturated rings. The maximum Gasteiger partial charge on any atom is 0.324 e. The summed E-state index contributed by atoms with van der Waals surface area (Å²) in [4.78, 5) is 23.9. The second-order valence-electron chi connectivity index (χ2n) is 3.57. The van der Waals surface area contributed by atoms with Crippen LogP contribution in [0.4, 0.5) is 4.79 Å². The highest BCUT2D eigenvalue weighted by atomic mass is 16.2. The minimum absolute atomic E-state index is 0.212. The first-order valence-electron chi connectivity index (χ1n) is 5.19. The van der Waals surface area contributed by atoms with Crippen molar-refractivity contribution in [2.24, 2.45) is 0 Å². The zero-order valence-corrected chi connectivity index (χ0v) is 9.40. The molecule has 1 heterocycles. The van der Waals surface area contributed by atoms with E-state index in [0.29, 0.717) is 19.5 Å². The highest BCUT2D eigenvalue weighted by Gasteiger charge is 2.22. The van der Waals surface area contributed by atoms with E-state index in [0.717, 1.165) is 5.57 Å². The first kappa shape index (κ1) is 12.2. The third kappa shape index (κ3) is 3.73. The van der Waals surface area contributed by atoms with Crippen LogP contribution in [0.1, 0.15) is 13.3 Å². The molecule has 16 heavy (non-hydrogen) atoms. The second-order valence-corrected chi connectivity index (χ2v) is 3.57. The van der Waals surface area contributed by atoms with E-state index in [2.05, 4.69) is 11.9 Å². The number of amides is 3. The van der Waals surface area contributed by atoms with Crippen molar-refractivity contribution in [2.75, 3.05) is 13.1 Å². The van der Waals surface area contributed by atoms with Gasteiger partial charge in [-0.25, -0.2) is 4.79 Å². The SMILES string of the molecule is C=C(/C=C\C=C/C)CN1CCC(=O)NC1=O. The Bertz CT molecular complexity index is 356. The molecule has 0 spiro atoms.